The zero-order chi connectivity index (χ0) is 25.5. The average molecular weight is 485 g/mol. The fraction of sp³-hybridized carbons (Fsp3) is 0.345. The van der Waals surface area contributed by atoms with Crippen molar-refractivity contribution in [2.75, 3.05) is 17.2 Å². The molecule has 2 amide bonds. The number of benzene rings is 2. The maximum atomic E-state index is 12.3. The Labute approximate surface area is 211 Å². The zero-order valence-corrected chi connectivity index (χ0v) is 21.0. The summed E-state index contributed by atoms with van der Waals surface area (Å²) in [5.41, 5.74) is 4.33. The van der Waals surface area contributed by atoms with Crippen molar-refractivity contribution in [2.24, 2.45) is 0 Å². The van der Waals surface area contributed by atoms with Crippen molar-refractivity contribution in [3.8, 4) is 22.4 Å². The summed E-state index contributed by atoms with van der Waals surface area (Å²) in [6.45, 7) is 6.38. The van der Waals surface area contributed by atoms with Crippen molar-refractivity contribution in [2.45, 2.75) is 57.5 Å². The minimum Gasteiger partial charge on any atom is -0.465 e. The summed E-state index contributed by atoms with van der Waals surface area (Å²) in [6.07, 6.45) is 2.12. The second-order valence-corrected chi connectivity index (χ2v) is 10.6. The van der Waals surface area contributed by atoms with Gasteiger partial charge in [0.25, 0.3) is 0 Å². The fourth-order valence-electron chi connectivity index (χ4n) is 5.51. The van der Waals surface area contributed by atoms with E-state index in [1.54, 1.807) is 4.90 Å². The molecule has 36 heavy (non-hydrogen) atoms. The third kappa shape index (κ3) is 4.19. The molecule has 0 radical (unpaired) electrons. The molecule has 2 aliphatic rings. The molecule has 2 heterocycles. The molecule has 186 valence electrons. The van der Waals surface area contributed by atoms with Crippen LogP contribution in [0, 0.1) is 0 Å². The van der Waals surface area contributed by atoms with Gasteiger partial charge in [-0.25, -0.2) is 9.78 Å². The average Bonchev–Trinajstić information content (AvgIpc) is 3.00. The Morgan fingerprint density at radius 1 is 1.03 bits per heavy atom. The number of anilines is 2. The largest absolute Gasteiger partial charge is 0.465 e. The van der Waals surface area contributed by atoms with Crippen molar-refractivity contribution in [1.82, 2.24) is 9.88 Å². The molecule has 1 saturated carbocycles. The zero-order valence-electron chi connectivity index (χ0n) is 21.0. The number of hydrogen-bond donors (Lipinski definition) is 3. The number of rotatable bonds is 4. The van der Waals surface area contributed by atoms with Gasteiger partial charge >= 0.3 is 6.09 Å². The molecule has 5 rings (SSSR count). The molecule has 0 saturated heterocycles. The number of nitrogens with zero attached hydrogens (tertiary/aromatic N) is 2. The Bertz CT molecular complexity index is 1290. The number of carbonyl (C=O) groups excluding carboxylic acids is 1. The molecular weight excluding hydrogens is 452 g/mol. The molecule has 1 aliphatic carbocycles. The molecule has 1 aliphatic heterocycles. The van der Waals surface area contributed by atoms with Crippen LogP contribution in [0.5, 0.6) is 0 Å². The highest BCUT2D eigenvalue weighted by atomic mass is 16.4. The van der Waals surface area contributed by atoms with Gasteiger partial charge in [0.15, 0.2) is 5.82 Å². The van der Waals surface area contributed by atoms with Crippen LogP contribution < -0.4 is 10.6 Å². The third-order valence-corrected chi connectivity index (χ3v) is 7.19. The smallest absolute Gasteiger partial charge is 0.408 e. The van der Waals surface area contributed by atoms with Gasteiger partial charge in [0.05, 0.1) is 16.9 Å². The number of nitrogens with one attached hydrogen (secondary N) is 2. The molecule has 0 spiro atoms. The minimum atomic E-state index is -0.891. The van der Waals surface area contributed by atoms with Gasteiger partial charge in [-0.3, -0.25) is 9.69 Å². The van der Waals surface area contributed by atoms with Gasteiger partial charge in [0.2, 0.25) is 5.91 Å². The number of aromatic nitrogens is 1. The number of carboxylic acid groups (broad SMARTS) is 1. The Kier molecular flexibility index (Phi) is 5.94. The molecule has 0 unspecified atom stereocenters. The molecular formula is C29H32N4O3. The summed E-state index contributed by atoms with van der Waals surface area (Å²) in [5, 5.41) is 16.3. The fourth-order valence-corrected chi connectivity index (χ4v) is 5.51. The number of pyridine rings is 1. The molecule has 7 heteroatoms. The molecule has 0 atom stereocenters. The van der Waals surface area contributed by atoms with Gasteiger partial charge in [-0.15, -0.1) is 0 Å². The summed E-state index contributed by atoms with van der Waals surface area (Å²) in [4.78, 5) is 31.1. The monoisotopic (exact) mass is 484 g/mol. The van der Waals surface area contributed by atoms with Crippen LogP contribution in [0.2, 0.25) is 0 Å². The number of amides is 2. The van der Waals surface area contributed by atoms with E-state index < -0.39 is 17.2 Å². The van der Waals surface area contributed by atoms with Crippen molar-refractivity contribution in [1.29, 1.82) is 0 Å². The molecule has 1 fully saturated rings. The minimum absolute atomic E-state index is 0.0354. The van der Waals surface area contributed by atoms with E-state index in [9.17, 15) is 14.7 Å². The van der Waals surface area contributed by atoms with E-state index in [0.717, 1.165) is 47.2 Å². The van der Waals surface area contributed by atoms with Gasteiger partial charge < -0.3 is 15.7 Å². The van der Waals surface area contributed by atoms with E-state index in [-0.39, 0.29) is 5.91 Å². The van der Waals surface area contributed by atoms with Gasteiger partial charge in [-0.05, 0) is 57.2 Å². The van der Waals surface area contributed by atoms with Gasteiger partial charge in [0, 0.05) is 29.6 Å². The number of fused-ring (bicyclic) bond motifs is 1. The highest BCUT2D eigenvalue weighted by Gasteiger charge is 2.50. The lowest BCUT2D eigenvalue weighted by atomic mass is 9.69. The molecule has 2 aromatic carbocycles. The topological polar surface area (TPSA) is 94.6 Å². The van der Waals surface area contributed by atoms with Crippen molar-refractivity contribution < 1.29 is 14.7 Å². The highest BCUT2D eigenvalue weighted by molar-refractivity contribution is 5.98. The van der Waals surface area contributed by atoms with E-state index in [2.05, 4.69) is 10.6 Å². The Morgan fingerprint density at radius 2 is 1.72 bits per heavy atom. The Morgan fingerprint density at radius 3 is 2.31 bits per heavy atom. The maximum Gasteiger partial charge on any atom is 0.408 e. The second kappa shape index (κ2) is 8.97. The van der Waals surface area contributed by atoms with Crippen molar-refractivity contribution >= 4 is 23.5 Å². The Hall–Kier alpha value is -3.87. The summed E-state index contributed by atoms with van der Waals surface area (Å²) >= 11 is 0. The highest BCUT2D eigenvalue weighted by Crippen LogP contribution is 2.50. The number of hydrogen-bond acceptors (Lipinski definition) is 4. The molecule has 1 aromatic heterocycles. The third-order valence-electron chi connectivity index (χ3n) is 7.19. The van der Waals surface area contributed by atoms with Crippen LogP contribution in [0.3, 0.4) is 0 Å². The Balaban J connectivity index is 1.60. The van der Waals surface area contributed by atoms with Crippen LogP contribution in [-0.2, 0) is 10.3 Å². The van der Waals surface area contributed by atoms with E-state index in [0.29, 0.717) is 24.5 Å². The van der Waals surface area contributed by atoms with Crippen LogP contribution >= 0.6 is 0 Å². The lowest BCUT2D eigenvalue weighted by Gasteiger charge is -2.54. The first-order chi connectivity index (χ1) is 17.2. The van der Waals surface area contributed by atoms with Crippen molar-refractivity contribution in [3.05, 3.63) is 66.2 Å². The van der Waals surface area contributed by atoms with Crippen LogP contribution in [0.25, 0.3) is 22.4 Å². The predicted molar refractivity (Wildman–Crippen MR) is 142 cm³/mol. The van der Waals surface area contributed by atoms with Crippen molar-refractivity contribution in [3.63, 3.8) is 0 Å². The first-order valence-corrected chi connectivity index (χ1v) is 12.5. The van der Waals surface area contributed by atoms with Gasteiger partial charge in [-0.1, -0.05) is 54.6 Å². The second-order valence-electron chi connectivity index (χ2n) is 10.6. The number of carbonyl (C=O) groups is 2. The standard InChI is InChI=1S/C29H32N4O3/c1-28(2,3)33(27(35)36)29(15-7-16-29)21-12-10-20(11-13-21)25-22(19-8-5-4-6-9-19)18-23-26(32-25)30-17-14-24(34)31-23/h4-6,8-13,18H,7,14-17H2,1-3H3,(H,30,32)(H,31,34)(H,35,36). The van der Waals surface area contributed by atoms with Crippen LogP contribution in [0.15, 0.2) is 60.7 Å². The summed E-state index contributed by atoms with van der Waals surface area (Å²) in [7, 11) is 0. The normalized spacial score (nSPS) is 16.6. The predicted octanol–water partition coefficient (Wildman–Crippen LogP) is 6.33. The van der Waals surface area contributed by atoms with Gasteiger partial charge in [-0.2, -0.15) is 0 Å². The quantitative estimate of drug-likeness (QED) is 0.402. The van der Waals surface area contributed by atoms with Crippen LogP contribution in [0.4, 0.5) is 16.3 Å². The summed E-state index contributed by atoms with van der Waals surface area (Å²) in [6, 6.07) is 20.2. The van der Waals surface area contributed by atoms with E-state index >= 15 is 0 Å². The lowest BCUT2D eigenvalue weighted by molar-refractivity contribution is -0.115. The first-order valence-electron chi connectivity index (χ1n) is 12.5. The van der Waals surface area contributed by atoms with Gasteiger partial charge in [0.1, 0.15) is 0 Å². The molecule has 3 aromatic rings. The summed E-state index contributed by atoms with van der Waals surface area (Å²) in [5.74, 6) is 0.617. The van der Waals surface area contributed by atoms with E-state index in [1.807, 2.05) is 81.4 Å². The molecule has 7 nitrogen and oxygen atoms in total. The lowest BCUT2D eigenvalue weighted by Crippen LogP contribution is -2.60. The molecule has 3 N–H and O–H groups in total. The first kappa shape index (κ1) is 23.9. The van der Waals surface area contributed by atoms with E-state index in [1.165, 1.54) is 0 Å². The SMILES string of the molecule is CC(C)(C)N(C(=O)O)C1(c2ccc(-c3nc4c(cc3-c3ccccc3)NC(=O)CCN4)cc2)CCC1. The molecule has 0 bridgehead atoms. The van der Waals surface area contributed by atoms with E-state index in [4.69, 9.17) is 4.98 Å². The van der Waals surface area contributed by atoms with Crippen LogP contribution in [0.1, 0.15) is 52.0 Å². The summed E-state index contributed by atoms with van der Waals surface area (Å²) < 4.78 is 0. The van der Waals surface area contributed by atoms with Crippen LogP contribution in [-0.4, -0.2) is 39.1 Å². The maximum absolute atomic E-state index is 12.3.